The van der Waals surface area contributed by atoms with Gasteiger partial charge in [-0.1, -0.05) is 11.6 Å². The van der Waals surface area contributed by atoms with Crippen molar-refractivity contribution in [1.82, 2.24) is 4.98 Å². The van der Waals surface area contributed by atoms with E-state index in [4.69, 9.17) is 21.4 Å². The number of benzene rings is 1. The molecular formula is C14H15BrClNO3. The number of ether oxygens (including phenoxy) is 1. The van der Waals surface area contributed by atoms with Crippen LogP contribution >= 0.6 is 27.5 Å². The maximum absolute atomic E-state index is 12.0. The number of aryl methyl sites for hydroxylation is 1. The summed E-state index contributed by atoms with van der Waals surface area (Å²) >= 11 is 9.50. The Morgan fingerprint density at radius 2 is 2.25 bits per heavy atom. The molecule has 0 aliphatic heterocycles. The third-order valence-corrected chi connectivity index (χ3v) is 3.84. The molecule has 0 unspecified atom stereocenters. The average Bonchev–Trinajstić information content (AvgIpc) is 2.75. The van der Waals surface area contributed by atoms with E-state index >= 15 is 0 Å². The van der Waals surface area contributed by atoms with Crippen molar-refractivity contribution in [2.45, 2.75) is 19.8 Å². The Morgan fingerprint density at radius 3 is 2.90 bits per heavy atom. The normalized spacial score (nSPS) is 11.0. The van der Waals surface area contributed by atoms with E-state index in [0.717, 1.165) is 20.9 Å². The minimum Gasteiger partial charge on any atom is -0.461 e. The summed E-state index contributed by atoms with van der Waals surface area (Å²) in [7, 11) is 0. The number of carbonyl (C=O) groups excluding carboxylic acids is 1. The summed E-state index contributed by atoms with van der Waals surface area (Å²) in [6.45, 7) is 2.15. The zero-order valence-corrected chi connectivity index (χ0v) is 13.3. The second-order valence-corrected chi connectivity index (χ2v) is 5.63. The molecule has 108 valence electrons. The largest absolute Gasteiger partial charge is 0.461 e. The van der Waals surface area contributed by atoms with Crippen LogP contribution in [0.15, 0.2) is 16.6 Å². The fraction of sp³-hybridized carbons (Fsp3) is 0.357. The van der Waals surface area contributed by atoms with Crippen molar-refractivity contribution < 1.29 is 14.6 Å². The summed E-state index contributed by atoms with van der Waals surface area (Å²) in [6, 6.07) is 3.58. The van der Waals surface area contributed by atoms with Gasteiger partial charge in [-0.05, 0) is 53.4 Å². The Labute approximate surface area is 130 Å². The Morgan fingerprint density at radius 1 is 1.50 bits per heavy atom. The van der Waals surface area contributed by atoms with E-state index < -0.39 is 0 Å². The van der Waals surface area contributed by atoms with Crippen LogP contribution in [-0.2, 0) is 11.2 Å². The molecule has 2 N–H and O–H groups in total. The molecule has 1 aromatic carbocycles. The lowest BCUT2D eigenvalue weighted by Crippen LogP contribution is -2.08. The number of hydrogen-bond acceptors (Lipinski definition) is 3. The van der Waals surface area contributed by atoms with Crippen molar-refractivity contribution in [3.63, 3.8) is 0 Å². The summed E-state index contributed by atoms with van der Waals surface area (Å²) in [5.74, 6) is -0.389. The van der Waals surface area contributed by atoms with E-state index in [1.165, 1.54) is 0 Å². The summed E-state index contributed by atoms with van der Waals surface area (Å²) in [5, 5.41) is 10.5. The van der Waals surface area contributed by atoms with Gasteiger partial charge < -0.3 is 14.8 Å². The quantitative estimate of drug-likeness (QED) is 0.800. The van der Waals surface area contributed by atoms with Crippen molar-refractivity contribution in [2.24, 2.45) is 0 Å². The minimum absolute atomic E-state index is 0.0661. The number of aromatic nitrogens is 1. The fourth-order valence-corrected chi connectivity index (χ4v) is 3.08. The lowest BCUT2D eigenvalue weighted by molar-refractivity contribution is 0.0519. The highest BCUT2D eigenvalue weighted by Gasteiger charge is 2.20. The molecule has 0 radical (unpaired) electrons. The van der Waals surface area contributed by atoms with Gasteiger partial charge in [0.05, 0.1) is 12.1 Å². The molecule has 0 fully saturated rings. The van der Waals surface area contributed by atoms with E-state index in [1.54, 1.807) is 13.0 Å². The zero-order chi connectivity index (χ0) is 14.7. The van der Waals surface area contributed by atoms with E-state index in [2.05, 4.69) is 20.9 Å². The molecule has 0 saturated heterocycles. The van der Waals surface area contributed by atoms with Crippen LogP contribution in [0.1, 0.15) is 29.4 Å². The second-order valence-electron chi connectivity index (χ2n) is 4.34. The van der Waals surface area contributed by atoms with Crippen molar-refractivity contribution in [2.75, 3.05) is 13.2 Å². The maximum Gasteiger partial charge on any atom is 0.355 e. The highest BCUT2D eigenvalue weighted by molar-refractivity contribution is 9.10. The number of aliphatic hydroxyl groups is 1. The van der Waals surface area contributed by atoms with Gasteiger partial charge in [-0.15, -0.1) is 0 Å². The summed E-state index contributed by atoms with van der Waals surface area (Å²) in [5.41, 5.74) is 2.07. The van der Waals surface area contributed by atoms with Gasteiger partial charge in [0.25, 0.3) is 0 Å². The van der Waals surface area contributed by atoms with Crippen LogP contribution in [0.25, 0.3) is 10.9 Å². The highest BCUT2D eigenvalue weighted by atomic mass is 79.9. The number of hydrogen-bond donors (Lipinski definition) is 2. The van der Waals surface area contributed by atoms with Gasteiger partial charge in [-0.2, -0.15) is 0 Å². The highest BCUT2D eigenvalue weighted by Crippen LogP contribution is 2.32. The van der Waals surface area contributed by atoms with Crippen molar-refractivity contribution >= 4 is 44.4 Å². The molecule has 6 heteroatoms. The van der Waals surface area contributed by atoms with E-state index in [9.17, 15) is 4.79 Å². The molecule has 0 aliphatic rings. The SMILES string of the molecule is CCOC(=O)c1[nH]c2c(Br)cc(Cl)cc2c1CCCO. The number of halogens is 2. The lowest BCUT2D eigenvalue weighted by Gasteiger charge is -2.04. The maximum atomic E-state index is 12.0. The van der Waals surface area contributed by atoms with Gasteiger partial charge in [-0.3, -0.25) is 0 Å². The smallest absolute Gasteiger partial charge is 0.355 e. The molecule has 20 heavy (non-hydrogen) atoms. The topological polar surface area (TPSA) is 62.3 Å². The number of rotatable bonds is 5. The predicted octanol–water partition coefficient (Wildman–Crippen LogP) is 3.69. The first-order chi connectivity index (χ1) is 9.58. The molecule has 1 heterocycles. The van der Waals surface area contributed by atoms with Gasteiger partial charge in [0.2, 0.25) is 0 Å². The van der Waals surface area contributed by atoms with E-state index in [1.807, 2.05) is 6.07 Å². The average molecular weight is 361 g/mol. The standard InChI is InChI=1S/C14H15BrClNO3/c1-2-20-14(19)13-9(4-3-5-18)10-6-8(16)7-11(15)12(10)17-13/h6-7,17-18H,2-5H2,1H3. The van der Waals surface area contributed by atoms with Gasteiger partial charge in [0, 0.05) is 21.5 Å². The Bertz CT molecular complexity index is 639. The van der Waals surface area contributed by atoms with Gasteiger partial charge in [0.1, 0.15) is 5.69 Å². The van der Waals surface area contributed by atoms with Gasteiger partial charge in [-0.25, -0.2) is 4.79 Å². The first-order valence-corrected chi connectivity index (χ1v) is 7.53. The summed E-state index contributed by atoms with van der Waals surface area (Å²) in [4.78, 5) is 15.1. The third-order valence-electron chi connectivity index (χ3n) is 3.00. The van der Waals surface area contributed by atoms with Crippen molar-refractivity contribution in [3.8, 4) is 0 Å². The fourth-order valence-electron chi connectivity index (χ4n) is 2.17. The number of H-pyrrole nitrogens is 1. The molecule has 0 amide bonds. The molecule has 0 atom stereocenters. The molecule has 2 aromatic rings. The van der Waals surface area contributed by atoms with Crippen molar-refractivity contribution in [1.29, 1.82) is 0 Å². The van der Waals surface area contributed by atoms with Crippen LogP contribution in [0.5, 0.6) is 0 Å². The van der Waals surface area contributed by atoms with Crippen LogP contribution < -0.4 is 0 Å². The van der Waals surface area contributed by atoms with Crippen molar-refractivity contribution in [3.05, 3.63) is 32.9 Å². The summed E-state index contributed by atoms with van der Waals surface area (Å²) in [6.07, 6.45) is 1.15. The number of esters is 1. The molecule has 0 bridgehead atoms. The summed E-state index contributed by atoms with van der Waals surface area (Å²) < 4.78 is 5.86. The first-order valence-electron chi connectivity index (χ1n) is 6.36. The molecule has 0 saturated carbocycles. The lowest BCUT2D eigenvalue weighted by atomic mass is 10.1. The van der Waals surface area contributed by atoms with Crippen LogP contribution in [0.2, 0.25) is 5.02 Å². The van der Waals surface area contributed by atoms with Crippen LogP contribution in [-0.4, -0.2) is 29.3 Å². The number of carbonyl (C=O) groups is 1. The number of nitrogens with one attached hydrogen (secondary N) is 1. The molecule has 4 nitrogen and oxygen atoms in total. The van der Waals surface area contributed by atoms with Gasteiger partial charge in [0.15, 0.2) is 0 Å². The third kappa shape index (κ3) is 3.00. The molecular weight excluding hydrogens is 346 g/mol. The first kappa shape index (κ1) is 15.4. The van der Waals surface area contributed by atoms with Crippen LogP contribution in [0.4, 0.5) is 0 Å². The zero-order valence-electron chi connectivity index (χ0n) is 11.0. The van der Waals surface area contributed by atoms with E-state index in [0.29, 0.717) is 30.2 Å². The number of aliphatic hydroxyl groups excluding tert-OH is 1. The minimum atomic E-state index is -0.389. The van der Waals surface area contributed by atoms with Gasteiger partial charge >= 0.3 is 5.97 Å². The molecule has 1 aromatic heterocycles. The van der Waals surface area contributed by atoms with Crippen LogP contribution in [0, 0.1) is 0 Å². The molecule has 0 spiro atoms. The van der Waals surface area contributed by atoms with Crippen LogP contribution in [0.3, 0.4) is 0 Å². The Hall–Kier alpha value is -1.04. The van der Waals surface area contributed by atoms with E-state index in [-0.39, 0.29) is 12.6 Å². The Kier molecular flexibility index (Phi) is 5.07. The Balaban J connectivity index is 2.60. The number of aromatic amines is 1. The number of fused-ring (bicyclic) bond motifs is 1. The molecule has 0 aliphatic carbocycles. The predicted molar refractivity (Wildman–Crippen MR) is 82.4 cm³/mol. The monoisotopic (exact) mass is 359 g/mol. The second kappa shape index (κ2) is 6.61. The molecule has 2 rings (SSSR count).